The first-order valence-corrected chi connectivity index (χ1v) is 7.62. The average molecular weight is 256 g/mol. The Hall–Kier alpha value is -0.570. The molecule has 1 atom stereocenters. The van der Waals surface area contributed by atoms with E-state index in [2.05, 4.69) is 12.2 Å². The van der Waals surface area contributed by atoms with Gasteiger partial charge in [0.2, 0.25) is 5.91 Å². The lowest BCUT2D eigenvalue weighted by Crippen LogP contribution is -2.44. The Balaban J connectivity index is 3.27. The second-order valence-electron chi connectivity index (χ2n) is 5.54. The zero-order chi connectivity index (χ0) is 13.8. The Morgan fingerprint density at radius 2 is 1.50 bits per heavy atom. The van der Waals surface area contributed by atoms with Gasteiger partial charge in [-0.15, -0.1) is 0 Å². The third-order valence-electron chi connectivity index (χ3n) is 3.35. The van der Waals surface area contributed by atoms with Crippen molar-refractivity contribution in [3.63, 3.8) is 0 Å². The van der Waals surface area contributed by atoms with E-state index >= 15 is 0 Å². The van der Waals surface area contributed by atoms with Crippen molar-refractivity contribution in [2.24, 2.45) is 11.7 Å². The lowest BCUT2D eigenvalue weighted by atomic mass is 10.0. The highest BCUT2D eigenvalue weighted by Crippen LogP contribution is 2.08. The van der Waals surface area contributed by atoms with Crippen LogP contribution in [0, 0.1) is 5.92 Å². The summed E-state index contributed by atoms with van der Waals surface area (Å²) in [4.78, 5) is 11.6. The fourth-order valence-corrected chi connectivity index (χ4v) is 1.89. The Kier molecular flexibility index (Phi) is 11.2. The molecule has 0 saturated heterocycles. The van der Waals surface area contributed by atoms with Crippen LogP contribution in [0.3, 0.4) is 0 Å². The minimum atomic E-state index is -0.362. The van der Waals surface area contributed by atoms with Crippen molar-refractivity contribution >= 4 is 5.91 Å². The van der Waals surface area contributed by atoms with E-state index < -0.39 is 0 Å². The average Bonchev–Trinajstić information content (AvgIpc) is 2.35. The predicted octanol–water partition coefficient (Wildman–Crippen LogP) is 3.23. The van der Waals surface area contributed by atoms with E-state index in [9.17, 15) is 4.79 Å². The molecule has 0 saturated carbocycles. The van der Waals surface area contributed by atoms with E-state index in [4.69, 9.17) is 5.73 Å². The molecule has 0 spiro atoms. The molecule has 0 aliphatic carbocycles. The van der Waals surface area contributed by atoms with Gasteiger partial charge < -0.3 is 11.1 Å². The van der Waals surface area contributed by atoms with Gasteiger partial charge in [-0.25, -0.2) is 0 Å². The van der Waals surface area contributed by atoms with Crippen LogP contribution in [0.1, 0.15) is 72.1 Å². The molecule has 0 rings (SSSR count). The van der Waals surface area contributed by atoms with Gasteiger partial charge in [0.15, 0.2) is 0 Å². The fourth-order valence-electron chi connectivity index (χ4n) is 1.89. The van der Waals surface area contributed by atoms with Crippen molar-refractivity contribution in [1.82, 2.24) is 5.32 Å². The molecule has 0 heterocycles. The number of unbranched alkanes of at least 4 members (excludes halogenated alkanes) is 7. The van der Waals surface area contributed by atoms with Crippen LogP contribution in [0.4, 0.5) is 0 Å². The Morgan fingerprint density at radius 3 is 2.00 bits per heavy atom. The minimum absolute atomic E-state index is 0.00653. The largest absolute Gasteiger partial charge is 0.355 e. The molecule has 3 heteroatoms. The molecular formula is C15H32N2O. The number of carbonyl (C=O) groups excluding carboxylic acids is 1. The van der Waals surface area contributed by atoms with E-state index in [0.717, 1.165) is 13.0 Å². The summed E-state index contributed by atoms with van der Waals surface area (Å²) in [6.07, 6.45) is 10.3. The molecule has 1 amide bonds. The molecule has 0 unspecified atom stereocenters. The van der Waals surface area contributed by atoms with Gasteiger partial charge in [-0.3, -0.25) is 4.79 Å². The summed E-state index contributed by atoms with van der Waals surface area (Å²) in [6, 6.07) is -0.362. The minimum Gasteiger partial charge on any atom is -0.355 e. The van der Waals surface area contributed by atoms with E-state index in [1.165, 1.54) is 44.9 Å². The van der Waals surface area contributed by atoms with Crippen LogP contribution in [0.25, 0.3) is 0 Å². The normalized spacial score (nSPS) is 12.7. The molecule has 0 aromatic carbocycles. The zero-order valence-electron chi connectivity index (χ0n) is 12.5. The van der Waals surface area contributed by atoms with Gasteiger partial charge >= 0.3 is 0 Å². The van der Waals surface area contributed by atoms with Crippen molar-refractivity contribution in [2.45, 2.75) is 78.2 Å². The summed E-state index contributed by atoms with van der Waals surface area (Å²) in [5.41, 5.74) is 5.76. The first-order valence-electron chi connectivity index (χ1n) is 7.62. The summed E-state index contributed by atoms with van der Waals surface area (Å²) in [6.45, 7) is 6.96. The lowest BCUT2D eigenvalue weighted by molar-refractivity contribution is -0.123. The van der Waals surface area contributed by atoms with Crippen molar-refractivity contribution in [2.75, 3.05) is 6.54 Å². The van der Waals surface area contributed by atoms with Crippen molar-refractivity contribution in [3.8, 4) is 0 Å². The van der Waals surface area contributed by atoms with Gasteiger partial charge in [0.1, 0.15) is 0 Å². The predicted molar refractivity (Wildman–Crippen MR) is 78.4 cm³/mol. The second-order valence-corrected chi connectivity index (χ2v) is 5.54. The lowest BCUT2D eigenvalue weighted by Gasteiger charge is -2.15. The molecule has 3 N–H and O–H groups in total. The molecule has 0 aromatic rings. The maximum absolute atomic E-state index is 11.6. The number of nitrogens with one attached hydrogen (secondary N) is 1. The molecule has 0 aliphatic heterocycles. The van der Waals surface area contributed by atoms with Crippen LogP contribution < -0.4 is 11.1 Å². The molecule has 3 nitrogen and oxygen atoms in total. The second kappa shape index (κ2) is 11.5. The van der Waals surface area contributed by atoms with Crippen LogP contribution >= 0.6 is 0 Å². The van der Waals surface area contributed by atoms with Gasteiger partial charge in [-0.05, 0) is 12.3 Å². The summed E-state index contributed by atoms with van der Waals surface area (Å²) in [7, 11) is 0. The monoisotopic (exact) mass is 256 g/mol. The first-order chi connectivity index (χ1) is 8.59. The van der Waals surface area contributed by atoms with Gasteiger partial charge in [0, 0.05) is 6.54 Å². The third-order valence-corrected chi connectivity index (χ3v) is 3.35. The smallest absolute Gasteiger partial charge is 0.237 e. The van der Waals surface area contributed by atoms with Crippen LogP contribution in [-0.4, -0.2) is 18.5 Å². The SMILES string of the molecule is CCCCCCCCCCNC(=O)[C@@H](N)C(C)C. The Labute approximate surface area is 113 Å². The molecule has 0 fully saturated rings. The summed E-state index contributed by atoms with van der Waals surface area (Å²) >= 11 is 0. The summed E-state index contributed by atoms with van der Waals surface area (Å²) in [5.74, 6) is 0.205. The van der Waals surface area contributed by atoms with E-state index in [1.807, 2.05) is 13.8 Å². The van der Waals surface area contributed by atoms with Gasteiger partial charge in [-0.1, -0.05) is 65.7 Å². The highest BCUT2D eigenvalue weighted by molar-refractivity contribution is 5.81. The molecule has 0 aromatic heterocycles. The number of amides is 1. The summed E-state index contributed by atoms with van der Waals surface area (Å²) in [5, 5.41) is 2.91. The first kappa shape index (κ1) is 17.4. The summed E-state index contributed by atoms with van der Waals surface area (Å²) < 4.78 is 0. The van der Waals surface area contributed by atoms with Gasteiger partial charge in [-0.2, -0.15) is 0 Å². The van der Waals surface area contributed by atoms with Crippen molar-refractivity contribution < 1.29 is 4.79 Å². The highest BCUT2D eigenvalue weighted by atomic mass is 16.2. The van der Waals surface area contributed by atoms with E-state index in [1.54, 1.807) is 0 Å². The number of rotatable bonds is 11. The van der Waals surface area contributed by atoms with Crippen molar-refractivity contribution in [1.29, 1.82) is 0 Å². The van der Waals surface area contributed by atoms with Gasteiger partial charge in [0.05, 0.1) is 6.04 Å². The standard InChI is InChI=1S/C15H32N2O/c1-4-5-6-7-8-9-10-11-12-17-15(18)14(16)13(2)3/h13-14H,4-12,16H2,1-3H3,(H,17,18)/t14-/m0/s1. The van der Waals surface area contributed by atoms with Crippen LogP contribution in [0.5, 0.6) is 0 Å². The third kappa shape index (κ3) is 9.46. The van der Waals surface area contributed by atoms with Crippen molar-refractivity contribution in [3.05, 3.63) is 0 Å². The molecule has 108 valence electrons. The molecule has 0 radical (unpaired) electrons. The number of hydrogen-bond acceptors (Lipinski definition) is 2. The van der Waals surface area contributed by atoms with Gasteiger partial charge in [0.25, 0.3) is 0 Å². The zero-order valence-corrected chi connectivity index (χ0v) is 12.5. The topological polar surface area (TPSA) is 55.1 Å². The number of hydrogen-bond donors (Lipinski definition) is 2. The molecule has 0 bridgehead atoms. The molecular weight excluding hydrogens is 224 g/mol. The number of nitrogens with two attached hydrogens (primary N) is 1. The fraction of sp³-hybridized carbons (Fsp3) is 0.933. The van der Waals surface area contributed by atoms with Crippen LogP contribution in [0.15, 0.2) is 0 Å². The Morgan fingerprint density at radius 1 is 1.00 bits per heavy atom. The van der Waals surface area contributed by atoms with E-state index in [0.29, 0.717) is 0 Å². The maximum atomic E-state index is 11.6. The van der Waals surface area contributed by atoms with Crippen LogP contribution in [0.2, 0.25) is 0 Å². The van der Waals surface area contributed by atoms with Crippen LogP contribution in [-0.2, 0) is 4.79 Å². The molecule has 18 heavy (non-hydrogen) atoms. The maximum Gasteiger partial charge on any atom is 0.237 e. The Bertz CT molecular complexity index is 205. The van der Waals surface area contributed by atoms with E-state index in [-0.39, 0.29) is 17.9 Å². The quantitative estimate of drug-likeness (QED) is 0.558. The molecule has 0 aliphatic rings. The number of carbonyl (C=O) groups is 1. The highest BCUT2D eigenvalue weighted by Gasteiger charge is 2.15.